The average Bonchev–Trinajstić information content (AvgIpc) is 3.63. The third kappa shape index (κ3) is 3.65. The maximum absolute atomic E-state index is 9.82. The standard InChI is InChI=1S/C42H26O/c1-2-12-27(13-3-1)30-15-6-7-17-32(30)41-35-20-10-8-18-33(35)40(34-19-9-11-21-36(34)41)29-23-24-38-37(26-29)42-31-16-5-4-14-28(31)22-25-39(42)43-38/h1-26H/i4D,5D,8D,9D,10D,11D,14D,16D,18D,19D,20D,21D,23D,24D,26D. The molecule has 43 heavy (non-hydrogen) atoms. The molecule has 8 aromatic carbocycles. The summed E-state index contributed by atoms with van der Waals surface area (Å²) < 4.78 is 141. The van der Waals surface area contributed by atoms with Crippen LogP contribution in [0.1, 0.15) is 20.6 Å². The maximum atomic E-state index is 9.82. The Morgan fingerprint density at radius 2 is 1.02 bits per heavy atom. The lowest BCUT2D eigenvalue weighted by Crippen LogP contribution is -1.92. The molecule has 0 N–H and O–H groups in total. The highest BCUT2D eigenvalue weighted by Gasteiger charge is 2.20. The SMILES string of the molecule is [2H]c1c([2H])c([2H])c2c(ccc3oc4c([2H])c([2H])c(-c5c6c([2H])c([2H])c([2H])c([2H])c6c(-c6ccccc6-c6ccccc6)c6c([2H])c([2H])c([2H])c([2H])c56)c([2H])c4c32)c1[2H]. The quantitative estimate of drug-likeness (QED) is 0.196. The number of rotatable bonds is 3. The van der Waals surface area contributed by atoms with Crippen molar-refractivity contribution in [3.05, 3.63) is 157 Å². The van der Waals surface area contributed by atoms with Gasteiger partial charge in [-0.05, 0) is 83.8 Å². The predicted molar refractivity (Wildman–Crippen MR) is 183 cm³/mol. The molecule has 1 aromatic heterocycles. The van der Waals surface area contributed by atoms with E-state index in [2.05, 4.69) is 0 Å². The van der Waals surface area contributed by atoms with Crippen LogP contribution in [0.4, 0.5) is 0 Å². The van der Waals surface area contributed by atoms with Gasteiger partial charge in [0.05, 0.1) is 20.6 Å². The lowest BCUT2D eigenvalue weighted by atomic mass is 9.83. The fraction of sp³-hybridized carbons (Fsp3) is 0. The molecule has 1 heteroatoms. The van der Waals surface area contributed by atoms with Gasteiger partial charge in [-0.2, -0.15) is 0 Å². The Morgan fingerprint density at radius 3 is 1.74 bits per heavy atom. The Labute approximate surface area is 270 Å². The molecule has 0 fully saturated rings. The van der Waals surface area contributed by atoms with Crippen molar-refractivity contribution >= 4 is 54.3 Å². The van der Waals surface area contributed by atoms with Crippen LogP contribution in [0.3, 0.4) is 0 Å². The molecule has 1 nitrogen and oxygen atoms in total. The Kier molecular flexibility index (Phi) is 2.97. The molecular formula is C42H26O. The van der Waals surface area contributed by atoms with Gasteiger partial charge in [0, 0.05) is 10.8 Å². The Hall–Kier alpha value is -5.66. The fourth-order valence-corrected chi connectivity index (χ4v) is 5.94. The largest absolute Gasteiger partial charge is 0.456 e. The number of hydrogen-bond acceptors (Lipinski definition) is 1. The van der Waals surface area contributed by atoms with Gasteiger partial charge in [-0.3, -0.25) is 0 Å². The average molecular weight is 562 g/mol. The topological polar surface area (TPSA) is 13.1 Å². The smallest absolute Gasteiger partial charge is 0.136 e. The van der Waals surface area contributed by atoms with Crippen LogP contribution in [0.15, 0.2) is 162 Å². The molecule has 0 amide bonds. The summed E-state index contributed by atoms with van der Waals surface area (Å²) in [5.74, 6) is 0. The molecule has 1 heterocycles. The zero-order valence-electron chi connectivity index (χ0n) is 37.3. The van der Waals surface area contributed by atoms with Crippen LogP contribution in [-0.2, 0) is 0 Å². The predicted octanol–water partition coefficient (Wildman–Crippen LogP) is 12.0. The molecule has 0 bridgehead atoms. The zero-order valence-corrected chi connectivity index (χ0v) is 22.3. The minimum absolute atomic E-state index is 0.00903. The van der Waals surface area contributed by atoms with Crippen LogP contribution in [0.5, 0.6) is 0 Å². The van der Waals surface area contributed by atoms with Crippen LogP contribution in [-0.4, -0.2) is 0 Å². The number of furan rings is 1. The number of hydrogen-bond donors (Lipinski definition) is 0. The molecule has 0 spiro atoms. The van der Waals surface area contributed by atoms with Crippen molar-refractivity contribution in [3.63, 3.8) is 0 Å². The second-order valence-corrected chi connectivity index (χ2v) is 10.1. The van der Waals surface area contributed by atoms with Gasteiger partial charge in [0.15, 0.2) is 0 Å². The first-order chi connectivity index (χ1) is 27.6. The van der Waals surface area contributed by atoms with Crippen molar-refractivity contribution in [1.29, 1.82) is 0 Å². The van der Waals surface area contributed by atoms with Crippen molar-refractivity contribution in [2.24, 2.45) is 0 Å². The third-order valence-electron chi connectivity index (χ3n) is 7.76. The van der Waals surface area contributed by atoms with E-state index in [1.54, 1.807) is 24.3 Å². The van der Waals surface area contributed by atoms with Gasteiger partial charge in [-0.15, -0.1) is 0 Å². The van der Waals surface area contributed by atoms with Gasteiger partial charge in [-0.1, -0.05) is 139 Å². The summed E-state index contributed by atoms with van der Waals surface area (Å²) in [7, 11) is 0. The summed E-state index contributed by atoms with van der Waals surface area (Å²) in [5, 5.41) is -0.751. The van der Waals surface area contributed by atoms with Crippen LogP contribution in [0.2, 0.25) is 0 Å². The van der Waals surface area contributed by atoms with Crippen LogP contribution in [0.25, 0.3) is 87.6 Å². The second-order valence-electron chi connectivity index (χ2n) is 10.1. The summed E-state index contributed by atoms with van der Waals surface area (Å²) >= 11 is 0. The molecule has 0 atom stereocenters. The van der Waals surface area contributed by atoms with Gasteiger partial charge in [0.25, 0.3) is 0 Å². The molecular weight excluding hydrogens is 520 g/mol. The van der Waals surface area contributed by atoms with Gasteiger partial charge < -0.3 is 4.42 Å². The molecule has 0 aliphatic rings. The van der Waals surface area contributed by atoms with Crippen molar-refractivity contribution in [2.45, 2.75) is 0 Å². The normalized spacial score (nSPS) is 16.6. The van der Waals surface area contributed by atoms with Gasteiger partial charge in [0.1, 0.15) is 11.2 Å². The summed E-state index contributed by atoms with van der Waals surface area (Å²) in [6.07, 6.45) is 0. The van der Waals surface area contributed by atoms with E-state index in [0.717, 1.165) is 0 Å². The molecule has 0 aliphatic carbocycles. The van der Waals surface area contributed by atoms with E-state index in [9.17, 15) is 9.60 Å². The molecule has 200 valence electrons. The minimum Gasteiger partial charge on any atom is -0.456 e. The van der Waals surface area contributed by atoms with E-state index in [1.807, 2.05) is 30.3 Å². The lowest BCUT2D eigenvalue weighted by Gasteiger charge is -2.19. The lowest BCUT2D eigenvalue weighted by molar-refractivity contribution is 0.669. The Balaban J connectivity index is 1.60. The summed E-state index contributed by atoms with van der Waals surface area (Å²) in [4.78, 5) is 0. The van der Waals surface area contributed by atoms with Crippen molar-refractivity contribution in [3.8, 4) is 33.4 Å². The van der Waals surface area contributed by atoms with E-state index in [4.69, 9.17) is 15.4 Å². The van der Waals surface area contributed by atoms with Crippen molar-refractivity contribution in [2.75, 3.05) is 0 Å². The monoisotopic (exact) mass is 561 g/mol. The molecule has 0 saturated carbocycles. The Bertz CT molecular complexity index is 3260. The van der Waals surface area contributed by atoms with Crippen molar-refractivity contribution < 1.29 is 25.0 Å². The number of fused-ring (bicyclic) bond motifs is 7. The second kappa shape index (κ2) is 9.44. The molecule has 9 rings (SSSR count). The maximum Gasteiger partial charge on any atom is 0.136 e. The first-order valence-electron chi connectivity index (χ1n) is 21.1. The van der Waals surface area contributed by atoms with Gasteiger partial charge in [0.2, 0.25) is 0 Å². The highest BCUT2D eigenvalue weighted by atomic mass is 16.3. The molecule has 0 unspecified atom stereocenters. The molecule has 9 aromatic rings. The molecule has 0 aliphatic heterocycles. The highest BCUT2D eigenvalue weighted by molar-refractivity contribution is 6.24. The Morgan fingerprint density at radius 1 is 0.419 bits per heavy atom. The summed E-state index contributed by atoms with van der Waals surface area (Å²) in [5.41, 5.74) is 0.883. The fourth-order valence-electron chi connectivity index (χ4n) is 5.94. The van der Waals surface area contributed by atoms with Crippen LogP contribution in [0, 0.1) is 0 Å². The third-order valence-corrected chi connectivity index (χ3v) is 7.76. The van der Waals surface area contributed by atoms with E-state index in [1.165, 1.54) is 12.1 Å². The minimum atomic E-state index is -0.679. The van der Waals surface area contributed by atoms with E-state index in [0.29, 0.717) is 16.7 Å². The van der Waals surface area contributed by atoms with Gasteiger partial charge in [-0.25, -0.2) is 0 Å². The first-order valence-corrected chi connectivity index (χ1v) is 13.6. The first kappa shape index (κ1) is 13.5. The van der Waals surface area contributed by atoms with Crippen LogP contribution < -0.4 is 0 Å². The summed E-state index contributed by atoms with van der Waals surface area (Å²) in [6, 6.07) is 10.5. The van der Waals surface area contributed by atoms with Crippen molar-refractivity contribution in [1.82, 2.24) is 0 Å². The summed E-state index contributed by atoms with van der Waals surface area (Å²) in [6.45, 7) is 0. The number of benzene rings is 8. The molecule has 0 radical (unpaired) electrons. The van der Waals surface area contributed by atoms with Crippen LogP contribution >= 0.6 is 0 Å². The highest BCUT2D eigenvalue weighted by Crippen LogP contribution is 2.47. The van der Waals surface area contributed by atoms with E-state index >= 15 is 0 Å². The van der Waals surface area contributed by atoms with Gasteiger partial charge >= 0.3 is 0 Å². The van der Waals surface area contributed by atoms with E-state index in [-0.39, 0.29) is 71.4 Å². The molecule has 0 saturated heterocycles. The van der Waals surface area contributed by atoms with E-state index < -0.39 is 90.2 Å². The zero-order chi connectivity index (χ0) is 41.4.